The van der Waals surface area contributed by atoms with Crippen molar-refractivity contribution in [3.8, 4) is 21.7 Å². The van der Waals surface area contributed by atoms with Crippen molar-refractivity contribution in [3.05, 3.63) is 124 Å². The second kappa shape index (κ2) is 9.04. The largest absolute Gasteiger partial charge is 0.366 e. The van der Waals surface area contributed by atoms with E-state index in [9.17, 15) is 9.59 Å². The molecule has 0 atom stereocenters. The Labute approximate surface area is 222 Å². The molecular formula is C31H21ClN2O2S. The van der Waals surface area contributed by atoms with Crippen LogP contribution in [0.5, 0.6) is 0 Å². The van der Waals surface area contributed by atoms with Gasteiger partial charge >= 0.3 is 0 Å². The minimum absolute atomic E-state index is 0.119. The maximum Gasteiger partial charge on any atom is 0.248 e. The van der Waals surface area contributed by atoms with Crippen molar-refractivity contribution in [3.63, 3.8) is 0 Å². The summed E-state index contributed by atoms with van der Waals surface area (Å²) in [7, 11) is 0. The highest BCUT2D eigenvalue weighted by molar-refractivity contribution is 7.22. The number of aryl methyl sites for hydroxylation is 1. The smallest absolute Gasteiger partial charge is 0.248 e. The topological polar surface area (TPSA) is 64.6 Å². The minimum atomic E-state index is -0.544. The number of nitrogens with two attached hydrogens (primary N) is 1. The summed E-state index contributed by atoms with van der Waals surface area (Å²) in [5.74, 6) is -0.663. The molecule has 3 heterocycles. The number of benzene rings is 3. The molecule has 6 heteroatoms. The molecule has 0 spiro atoms. The van der Waals surface area contributed by atoms with Crippen LogP contribution < -0.4 is 5.73 Å². The number of primary amides is 1. The predicted octanol–water partition coefficient (Wildman–Crippen LogP) is 7.78. The van der Waals surface area contributed by atoms with E-state index < -0.39 is 5.91 Å². The molecule has 6 rings (SSSR count). The molecule has 3 aromatic carbocycles. The zero-order valence-corrected chi connectivity index (χ0v) is 21.4. The summed E-state index contributed by atoms with van der Waals surface area (Å²) >= 11 is 8.00. The Hall–Kier alpha value is -4.19. The van der Waals surface area contributed by atoms with E-state index in [4.69, 9.17) is 17.3 Å². The first-order valence-electron chi connectivity index (χ1n) is 11.8. The van der Waals surface area contributed by atoms with Gasteiger partial charge in [-0.25, -0.2) is 0 Å². The van der Waals surface area contributed by atoms with Crippen LogP contribution in [0.1, 0.15) is 31.8 Å². The van der Waals surface area contributed by atoms with Crippen LogP contribution >= 0.6 is 22.9 Å². The summed E-state index contributed by atoms with van der Waals surface area (Å²) in [6.07, 6.45) is 1.83. The van der Waals surface area contributed by atoms with Gasteiger partial charge < -0.3 is 10.1 Å². The molecule has 3 aromatic heterocycles. The van der Waals surface area contributed by atoms with Gasteiger partial charge in [-0.3, -0.25) is 9.59 Å². The lowest BCUT2D eigenvalue weighted by Gasteiger charge is -2.09. The van der Waals surface area contributed by atoms with Crippen molar-refractivity contribution < 1.29 is 9.59 Å². The fraction of sp³-hybridized carbons (Fsp3) is 0.0323. The summed E-state index contributed by atoms with van der Waals surface area (Å²) in [6.45, 7) is 2.08. The number of ketones is 1. The van der Waals surface area contributed by atoms with Crippen molar-refractivity contribution in [2.24, 2.45) is 5.73 Å². The van der Waals surface area contributed by atoms with Gasteiger partial charge in [-0.1, -0.05) is 72.3 Å². The van der Waals surface area contributed by atoms with E-state index in [0.29, 0.717) is 27.2 Å². The summed E-state index contributed by atoms with van der Waals surface area (Å²) in [5, 5.41) is 1.75. The van der Waals surface area contributed by atoms with Gasteiger partial charge in [0.1, 0.15) is 0 Å². The Morgan fingerprint density at radius 1 is 0.865 bits per heavy atom. The second-order valence-electron chi connectivity index (χ2n) is 8.89. The molecule has 0 saturated carbocycles. The molecule has 0 saturated heterocycles. The SMILES string of the molecule is Cc1c(-c2c(-c3ccccc3)c(C(=O)c3ccccc3)c3cc(C(N)=O)ccn23)sc2ccc(Cl)cc12. The highest BCUT2D eigenvalue weighted by Gasteiger charge is 2.28. The van der Waals surface area contributed by atoms with Gasteiger partial charge in [0.15, 0.2) is 5.78 Å². The van der Waals surface area contributed by atoms with E-state index in [1.54, 1.807) is 23.5 Å². The van der Waals surface area contributed by atoms with Gasteiger partial charge in [0, 0.05) is 32.6 Å². The predicted molar refractivity (Wildman–Crippen MR) is 152 cm³/mol. The van der Waals surface area contributed by atoms with Gasteiger partial charge in [-0.05, 0) is 53.8 Å². The van der Waals surface area contributed by atoms with Crippen molar-refractivity contribution in [2.75, 3.05) is 0 Å². The number of carbonyl (C=O) groups is 2. The Morgan fingerprint density at radius 2 is 1.57 bits per heavy atom. The number of thiophene rings is 1. The van der Waals surface area contributed by atoms with Crippen molar-refractivity contribution in [1.29, 1.82) is 0 Å². The van der Waals surface area contributed by atoms with Crippen molar-refractivity contribution in [1.82, 2.24) is 4.40 Å². The van der Waals surface area contributed by atoms with Crippen LogP contribution in [0.25, 0.3) is 37.3 Å². The van der Waals surface area contributed by atoms with Crippen LogP contribution in [0.15, 0.2) is 97.2 Å². The monoisotopic (exact) mass is 520 g/mol. The number of pyridine rings is 1. The van der Waals surface area contributed by atoms with Gasteiger partial charge in [0.05, 0.1) is 21.7 Å². The van der Waals surface area contributed by atoms with E-state index in [0.717, 1.165) is 37.3 Å². The lowest BCUT2D eigenvalue weighted by molar-refractivity contribution is 0.0998. The van der Waals surface area contributed by atoms with E-state index in [1.165, 1.54) is 0 Å². The molecule has 4 nitrogen and oxygen atoms in total. The summed E-state index contributed by atoms with van der Waals surface area (Å²) in [6, 6.07) is 28.4. The number of hydrogen-bond acceptors (Lipinski definition) is 3. The normalized spacial score (nSPS) is 11.3. The first kappa shape index (κ1) is 23.2. The van der Waals surface area contributed by atoms with E-state index >= 15 is 0 Å². The van der Waals surface area contributed by atoms with Crippen LogP contribution in [-0.4, -0.2) is 16.1 Å². The standard InChI is InChI=1S/C31H21ClN2O2S/c1-18-23-17-22(32)12-13-25(23)37-30(18)28-26(19-8-4-2-5-9-19)27(29(35)20-10-6-3-7-11-20)24-16-21(31(33)36)14-15-34(24)28/h2-17H,1H3,(H2,33,36). The molecule has 6 aromatic rings. The summed E-state index contributed by atoms with van der Waals surface area (Å²) in [5.41, 5.74) is 11.4. The van der Waals surface area contributed by atoms with E-state index in [2.05, 4.69) is 6.92 Å². The molecule has 0 aliphatic rings. The van der Waals surface area contributed by atoms with E-state index in [1.807, 2.05) is 89.5 Å². The first-order valence-corrected chi connectivity index (χ1v) is 13.0. The van der Waals surface area contributed by atoms with E-state index in [-0.39, 0.29) is 5.78 Å². The first-order chi connectivity index (χ1) is 17.9. The average molecular weight is 521 g/mol. The molecular weight excluding hydrogens is 500 g/mol. The quantitative estimate of drug-likeness (QED) is 0.236. The fourth-order valence-corrected chi connectivity index (χ4v) is 6.31. The number of hydrogen-bond donors (Lipinski definition) is 1. The summed E-state index contributed by atoms with van der Waals surface area (Å²) in [4.78, 5) is 27.3. The minimum Gasteiger partial charge on any atom is -0.366 e. The zero-order chi connectivity index (χ0) is 25.7. The molecule has 1 amide bonds. The van der Waals surface area contributed by atoms with Crippen molar-refractivity contribution in [2.45, 2.75) is 6.92 Å². The third kappa shape index (κ3) is 3.84. The average Bonchev–Trinajstić information content (AvgIpc) is 3.43. The lowest BCUT2D eigenvalue weighted by Crippen LogP contribution is -2.11. The highest BCUT2D eigenvalue weighted by Crippen LogP contribution is 2.46. The number of carbonyl (C=O) groups excluding carboxylic acids is 2. The van der Waals surface area contributed by atoms with Gasteiger partial charge in [-0.15, -0.1) is 11.3 Å². The third-order valence-electron chi connectivity index (χ3n) is 6.66. The number of halogens is 1. The lowest BCUT2D eigenvalue weighted by atomic mass is 9.93. The molecule has 0 unspecified atom stereocenters. The second-order valence-corrected chi connectivity index (χ2v) is 10.4. The molecule has 0 aliphatic heterocycles. The molecule has 0 fully saturated rings. The van der Waals surface area contributed by atoms with Crippen LogP contribution in [0, 0.1) is 6.92 Å². The van der Waals surface area contributed by atoms with Crippen LogP contribution in [0.3, 0.4) is 0 Å². The van der Waals surface area contributed by atoms with Crippen molar-refractivity contribution >= 4 is 50.2 Å². The zero-order valence-electron chi connectivity index (χ0n) is 19.9. The molecule has 0 aliphatic carbocycles. The van der Waals surface area contributed by atoms with Crippen LogP contribution in [-0.2, 0) is 0 Å². The number of fused-ring (bicyclic) bond motifs is 2. The highest BCUT2D eigenvalue weighted by atomic mass is 35.5. The number of rotatable bonds is 5. The number of aromatic nitrogens is 1. The number of amides is 1. The Morgan fingerprint density at radius 3 is 2.27 bits per heavy atom. The Balaban J connectivity index is 1.79. The van der Waals surface area contributed by atoms with Gasteiger partial charge in [0.25, 0.3) is 0 Å². The Bertz CT molecular complexity index is 1840. The number of nitrogens with zero attached hydrogens (tertiary/aromatic N) is 1. The van der Waals surface area contributed by atoms with Crippen LogP contribution in [0.4, 0.5) is 0 Å². The maximum atomic E-state index is 14.1. The van der Waals surface area contributed by atoms with Gasteiger partial charge in [-0.2, -0.15) is 0 Å². The molecule has 0 radical (unpaired) electrons. The molecule has 0 bridgehead atoms. The molecule has 2 N–H and O–H groups in total. The third-order valence-corrected chi connectivity index (χ3v) is 8.18. The maximum absolute atomic E-state index is 14.1. The summed E-state index contributed by atoms with van der Waals surface area (Å²) < 4.78 is 3.11. The van der Waals surface area contributed by atoms with Gasteiger partial charge in [0.2, 0.25) is 5.91 Å². The fourth-order valence-electron chi connectivity index (χ4n) is 4.90. The van der Waals surface area contributed by atoms with Crippen LogP contribution in [0.2, 0.25) is 5.02 Å². The Kier molecular flexibility index (Phi) is 5.67. The molecule has 37 heavy (non-hydrogen) atoms. The molecule has 180 valence electrons.